The molecular weight excluding hydrogens is 311 g/mol. The standard InChI is InChI=1S/C19H15FO4/c1-2-12-7-8-14-13(10-18(21)24-17(14)9-12)11-23-19(22)15-5-3-4-6-16(15)20/h3-10H,2,11H2,1H3. The monoisotopic (exact) mass is 326 g/mol. The van der Waals surface area contributed by atoms with Crippen LogP contribution < -0.4 is 5.63 Å². The molecule has 1 heterocycles. The first kappa shape index (κ1) is 15.9. The average Bonchev–Trinajstić information content (AvgIpc) is 2.59. The van der Waals surface area contributed by atoms with Gasteiger partial charge in [0.1, 0.15) is 18.0 Å². The summed E-state index contributed by atoms with van der Waals surface area (Å²) in [5, 5.41) is 0.688. The van der Waals surface area contributed by atoms with Gasteiger partial charge in [-0.25, -0.2) is 14.0 Å². The summed E-state index contributed by atoms with van der Waals surface area (Å²) in [6, 6.07) is 12.4. The summed E-state index contributed by atoms with van der Waals surface area (Å²) in [6.07, 6.45) is 0.812. The second-order valence-corrected chi connectivity index (χ2v) is 5.33. The predicted octanol–water partition coefficient (Wildman–Crippen LogP) is 3.85. The second-order valence-electron chi connectivity index (χ2n) is 5.33. The SMILES string of the molecule is CCc1ccc2c(COC(=O)c3ccccc3F)cc(=O)oc2c1. The Morgan fingerprint density at radius 3 is 2.71 bits per heavy atom. The van der Waals surface area contributed by atoms with E-state index in [2.05, 4.69) is 0 Å². The van der Waals surface area contributed by atoms with Crippen molar-refractivity contribution >= 4 is 16.9 Å². The van der Waals surface area contributed by atoms with Crippen molar-refractivity contribution < 1.29 is 18.3 Å². The van der Waals surface area contributed by atoms with Crippen molar-refractivity contribution in [2.24, 2.45) is 0 Å². The summed E-state index contributed by atoms with van der Waals surface area (Å²) >= 11 is 0. The highest BCUT2D eigenvalue weighted by Crippen LogP contribution is 2.20. The minimum Gasteiger partial charge on any atom is -0.457 e. The Bertz CT molecular complexity index is 959. The van der Waals surface area contributed by atoms with Crippen LogP contribution in [0.3, 0.4) is 0 Å². The van der Waals surface area contributed by atoms with Gasteiger partial charge in [-0.2, -0.15) is 0 Å². The Labute approximate surface area is 137 Å². The first-order valence-electron chi connectivity index (χ1n) is 7.56. The lowest BCUT2D eigenvalue weighted by molar-refractivity contribution is 0.0468. The third-order valence-corrected chi connectivity index (χ3v) is 3.76. The van der Waals surface area contributed by atoms with E-state index in [0.29, 0.717) is 16.5 Å². The lowest BCUT2D eigenvalue weighted by Gasteiger charge is -2.08. The maximum atomic E-state index is 13.6. The van der Waals surface area contributed by atoms with Gasteiger partial charge in [-0.3, -0.25) is 0 Å². The number of ether oxygens (including phenoxy) is 1. The summed E-state index contributed by atoms with van der Waals surface area (Å²) < 4.78 is 24.0. The molecule has 0 unspecified atom stereocenters. The van der Waals surface area contributed by atoms with Gasteiger partial charge in [0.2, 0.25) is 0 Å². The van der Waals surface area contributed by atoms with Crippen molar-refractivity contribution in [1.29, 1.82) is 0 Å². The first-order chi connectivity index (χ1) is 11.6. The zero-order valence-corrected chi connectivity index (χ0v) is 13.0. The number of benzene rings is 2. The van der Waals surface area contributed by atoms with E-state index >= 15 is 0 Å². The molecule has 0 radical (unpaired) electrons. The molecule has 1 aromatic heterocycles. The van der Waals surface area contributed by atoms with E-state index in [9.17, 15) is 14.0 Å². The Balaban J connectivity index is 1.89. The third-order valence-electron chi connectivity index (χ3n) is 3.76. The Morgan fingerprint density at radius 1 is 1.17 bits per heavy atom. The van der Waals surface area contributed by atoms with Crippen LogP contribution in [0.5, 0.6) is 0 Å². The number of rotatable bonds is 4. The van der Waals surface area contributed by atoms with Gasteiger partial charge in [0.15, 0.2) is 0 Å². The molecule has 0 atom stereocenters. The highest BCUT2D eigenvalue weighted by atomic mass is 19.1. The molecule has 24 heavy (non-hydrogen) atoms. The number of fused-ring (bicyclic) bond motifs is 1. The zero-order valence-electron chi connectivity index (χ0n) is 13.0. The molecule has 0 aliphatic rings. The quantitative estimate of drug-likeness (QED) is 0.540. The van der Waals surface area contributed by atoms with E-state index in [1.54, 1.807) is 12.1 Å². The van der Waals surface area contributed by atoms with Gasteiger partial charge in [0.05, 0.1) is 5.56 Å². The van der Waals surface area contributed by atoms with Crippen molar-refractivity contribution in [1.82, 2.24) is 0 Å². The fraction of sp³-hybridized carbons (Fsp3) is 0.158. The molecule has 5 heteroatoms. The van der Waals surface area contributed by atoms with Gasteiger partial charge in [-0.1, -0.05) is 31.2 Å². The molecule has 0 fully saturated rings. The minimum atomic E-state index is -0.778. The summed E-state index contributed by atoms with van der Waals surface area (Å²) in [7, 11) is 0. The third kappa shape index (κ3) is 3.20. The van der Waals surface area contributed by atoms with Crippen LogP contribution in [0, 0.1) is 5.82 Å². The van der Waals surface area contributed by atoms with Crippen molar-refractivity contribution in [2.45, 2.75) is 20.0 Å². The fourth-order valence-corrected chi connectivity index (χ4v) is 2.46. The van der Waals surface area contributed by atoms with Gasteiger partial charge in [-0.05, 0) is 30.2 Å². The van der Waals surface area contributed by atoms with Crippen LogP contribution in [-0.2, 0) is 17.8 Å². The molecule has 3 rings (SSSR count). The van der Waals surface area contributed by atoms with Gasteiger partial charge in [0, 0.05) is 17.0 Å². The number of halogens is 1. The molecule has 3 aromatic rings. The topological polar surface area (TPSA) is 56.5 Å². The lowest BCUT2D eigenvalue weighted by atomic mass is 10.1. The molecule has 0 amide bonds. The lowest BCUT2D eigenvalue weighted by Crippen LogP contribution is -2.09. The molecule has 0 saturated heterocycles. The summed E-state index contributed by atoms with van der Waals surface area (Å²) in [5.41, 5.74) is 1.34. The van der Waals surface area contributed by atoms with Crippen molar-refractivity contribution in [2.75, 3.05) is 0 Å². The fourth-order valence-electron chi connectivity index (χ4n) is 2.46. The normalized spacial score (nSPS) is 10.8. The molecule has 0 bridgehead atoms. The van der Waals surface area contributed by atoms with E-state index in [-0.39, 0.29) is 12.2 Å². The van der Waals surface area contributed by atoms with Crippen molar-refractivity contribution in [3.05, 3.63) is 81.5 Å². The van der Waals surface area contributed by atoms with E-state index in [0.717, 1.165) is 12.0 Å². The molecule has 0 aliphatic carbocycles. The number of esters is 1. The molecule has 0 saturated carbocycles. The smallest absolute Gasteiger partial charge is 0.341 e. The zero-order chi connectivity index (χ0) is 17.1. The number of hydrogen-bond donors (Lipinski definition) is 0. The van der Waals surface area contributed by atoms with Gasteiger partial charge in [0.25, 0.3) is 0 Å². The van der Waals surface area contributed by atoms with Gasteiger partial charge < -0.3 is 9.15 Å². The van der Waals surface area contributed by atoms with Crippen molar-refractivity contribution in [3.8, 4) is 0 Å². The molecule has 122 valence electrons. The molecule has 0 aliphatic heterocycles. The Hall–Kier alpha value is -2.95. The number of carbonyl (C=O) groups excluding carboxylic acids is 1. The average molecular weight is 326 g/mol. The van der Waals surface area contributed by atoms with Crippen LogP contribution in [0.1, 0.15) is 28.4 Å². The first-order valence-corrected chi connectivity index (χ1v) is 7.56. The predicted molar refractivity (Wildman–Crippen MR) is 87.4 cm³/mol. The molecule has 2 aromatic carbocycles. The Morgan fingerprint density at radius 2 is 1.96 bits per heavy atom. The van der Waals surface area contributed by atoms with Crippen LogP contribution in [0.4, 0.5) is 4.39 Å². The summed E-state index contributed by atoms with van der Waals surface area (Å²) in [4.78, 5) is 23.7. The molecule has 0 N–H and O–H groups in total. The molecular formula is C19H15FO4. The van der Waals surface area contributed by atoms with Gasteiger partial charge >= 0.3 is 11.6 Å². The number of aryl methyl sites for hydroxylation is 1. The van der Waals surface area contributed by atoms with E-state index in [1.807, 2.05) is 19.1 Å². The minimum absolute atomic E-state index is 0.138. The van der Waals surface area contributed by atoms with Crippen LogP contribution in [0.2, 0.25) is 0 Å². The number of hydrogen-bond acceptors (Lipinski definition) is 4. The number of carbonyl (C=O) groups is 1. The Kier molecular flexibility index (Phi) is 4.42. The maximum Gasteiger partial charge on any atom is 0.341 e. The largest absolute Gasteiger partial charge is 0.457 e. The maximum absolute atomic E-state index is 13.6. The van der Waals surface area contributed by atoms with Crippen LogP contribution in [-0.4, -0.2) is 5.97 Å². The highest BCUT2D eigenvalue weighted by molar-refractivity contribution is 5.90. The summed E-state index contributed by atoms with van der Waals surface area (Å²) in [5.74, 6) is -1.42. The van der Waals surface area contributed by atoms with E-state index in [1.165, 1.54) is 24.3 Å². The van der Waals surface area contributed by atoms with Crippen LogP contribution in [0.25, 0.3) is 11.0 Å². The summed E-state index contributed by atoms with van der Waals surface area (Å²) in [6.45, 7) is 1.86. The van der Waals surface area contributed by atoms with E-state index in [4.69, 9.17) is 9.15 Å². The molecule has 4 nitrogen and oxygen atoms in total. The van der Waals surface area contributed by atoms with E-state index < -0.39 is 17.4 Å². The highest BCUT2D eigenvalue weighted by Gasteiger charge is 2.14. The van der Waals surface area contributed by atoms with Crippen LogP contribution in [0.15, 0.2) is 57.7 Å². The van der Waals surface area contributed by atoms with Crippen molar-refractivity contribution in [3.63, 3.8) is 0 Å². The van der Waals surface area contributed by atoms with Gasteiger partial charge in [-0.15, -0.1) is 0 Å². The van der Waals surface area contributed by atoms with Crippen LogP contribution >= 0.6 is 0 Å². The second kappa shape index (κ2) is 6.66. The molecule has 0 spiro atoms.